The molecule has 9 nitrogen and oxygen atoms in total. The maximum atomic E-state index is 13.5. The third-order valence-electron chi connectivity index (χ3n) is 13.9. The van der Waals surface area contributed by atoms with Gasteiger partial charge in [0.15, 0.2) is 0 Å². The Balaban J connectivity index is 5.26. The fraction of sp³-hybridized carbons (Fsp3) is 0.902. The van der Waals surface area contributed by atoms with Crippen molar-refractivity contribution in [2.75, 3.05) is 40.9 Å². The van der Waals surface area contributed by atoms with Gasteiger partial charge in [-0.25, -0.2) is 4.57 Å². The number of carbonyl (C=O) groups excluding carboxylic acids is 2. The number of phosphoric ester groups is 1. The molecule has 3 atom stereocenters. The third kappa shape index (κ3) is 53.1. The number of ether oxygens (including phenoxy) is 1. The molecule has 0 aliphatic carbocycles. The van der Waals surface area contributed by atoms with Gasteiger partial charge in [-0.3, -0.25) is 18.6 Å². The summed E-state index contributed by atoms with van der Waals surface area (Å²) in [6.07, 6.45) is 60.3. The van der Waals surface area contributed by atoms with Crippen molar-refractivity contribution < 1.29 is 37.3 Å². The number of unbranched alkanes of at least 4 members (excludes halogenated alkanes) is 38. The van der Waals surface area contributed by atoms with Crippen molar-refractivity contribution in [1.29, 1.82) is 0 Å². The van der Waals surface area contributed by atoms with Crippen molar-refractivity contribution in [3.8, 4) is 0 Å². The minimum atomic E-state index is -4.44. The first kappa shape index (κ1) is 69.5. The van der Waals surface area contributed by atoms with Crippen LogP contribution in [-0.2, 0) is 27.9 Å². The Bertz CT molecular complexity index is 1270. The Hall–Kier alpha value is -1.51. The van der Waals surface area contributed by atoms with Gasteiger partial charge >= 0.3 is 13.8 Å². The topological polar surface area (TPSA) is 111 Å². The highest BCUT2D eigenvalue weighted by molar-refractivity contribution is 7.47. The van der Waals surface area contributed by atoms with Crippen LogP contribution in [0.1, 0.15) is 303 Å². The van der Waals surface area contributed by atoms with E-state index in [4.69, 9.17) is 13.8 Å². The van der Waals surface area contributed by atoms with Crippen molar-refractivity contribution in [1.82, 2.24) is 5.32 Å². The average Bonchev–Trinajstić information content (AvgIpc) is 3.33. The van der Waals surface area contributed by atoms with E-state index in [1.54, 1.807) is 0 Å². The number of hydrogen-bond acceptors (Lipinski definition) is 6. The molecule has 0 rings (SSSR count). The minimum absolute atomic E-state index is 0.0416. The maximum Gasteiger partial charge on any atom is 0.472 e. The molecule has 0 bridgehead atoms. The van der Waals surface area contributed by atoms with E-state index in [2.05, 4.69) is 38.2 Å². The van der Waals surface area contributed by atoms with E-state index in [1.165, 1.54) is 199 Å². The fourth-order valence-corrected chi connectivity index (χ4v) is 9.85. The first-order valence-electron chi connectivity index (χ1n) is 30.7. The number of nitrogens with zero attached hydrogens (tertiary/aromatic N) is 1. The summed E-state index contributed by atoms with van der Waals surface area (Å²) in [7, 11) is 1.50. The number of esters is 1. The van der Waals surface area contributed by atoms with Crippen LogP contribution in [0.3, 0.4) is 0 Å². The van der Waals surface area contributed by atoms with Crippen LogP contribution in [0.2, 0.25) is 0 Å². The van der Waals surface area contributed by atoms with Gasteiger partial charge in [-0.15, -0.1) is 0 Å². The van der Waals surface area contributed by atoms with Gasteiger partial charge < -0.3 is 19.4 Å². The SMILES string of the molecule is CCCCCCCC/C=C\CCCCCC(=O)OC(/C=C/CCCCCCCCCCCCC)C(COP(=O)(O)OCC[N+](C)(C)C)NC(=O)CCCCCCCCCCCCCCCCCCCCC. The van der Waals surface area contributed by atoms with Crippen molar-refractivity contribution >= 4 is 19.7 Å². The summed E-state index contributed by atoms with van der Waals surface area (Å²) in [5.41, 5.74) is 0. The summed E-state index contributed by atoms with van der Waals surface area (Å²) in [6, 6.07) is -0.848. The summed E-state index contributed by atoms with van der Waals surface area (Å²) in [5, 5.41) is 3.06. The minimum Gasteiger partial charge on any atom is -0.456 e. The molecule has 0 saturated carbocycles. The maximum absolute atomic E-state index is 13.5. The van der Waals surface area contributed by atoms with Gasteiger partial charge in [0.1, 0.15) is 19.3 Å². The zero-order chi connectivity index (χ0) is 52.2. The lowest BCUT2D eigenvalue weighted by Crippen LogP contribution is -2.47. The zero-order valence-corrected chi connectivity index (χ0v) is 48.9. The second-order valence-electron chi connectivity index (χ2n) is 22.2. The number of nitrogens with one attached hydrogen (secondary N) is 1. The number of likely N-dealkylation sites (N-methyl/N-ethyl adjacent to an activating group) is 1. The van der Waals surface area contributed by atoms with Gasteiger partial charge in [0.05, 0.1) is 33.8 Å². The molecule has 10 heteroatoms. The van der Waals surface area contributed by atoms with Gasteiger partial charge in [0.25, 0.3) is 0 Å². The standard InChI is InChI=1S/C61H119N2O7P/c1-7-10-13-16-19-22-25-28-29-30-31-32-33-36-38-41-44-47-50-53-60(64)62-58(57-69-71(66,67)68-56-55-63(4,5)6)59(52-49-46-43-40-37-34-26-23-20-17-14-11-8-2)70-61(65)54-51-48-45-42-39-35-27-24-21-18-15-12-9-3/h35,39,49,52,58-59H,7-34,36-38,40-48,50-51,53-57H2,1-6H3,(H-,62,64,66,67)/p+1/b39-35-,52-49+. The van der Waals surface area contributed by atoms with Crippen LogP contribution >= 0.6 is 7.82 Å². The average molecular weight is 1020 g/mol. The summed E-state index contributed by atoms with van der Waals surface area (Å²) in [4.78, 5) is 37.6. The third-order valence-corrected chi connectivity index (χ3v) is 14.9. The highest BCUT2D eigenvalue weighted by atomic mass is 31.2. The van der Waals surface area contributed by atoms with Crippen LogP contribution < -0.4 is 5.32 Å². The molecule has 0 aromatic heterocycles. The number of hydrogen-bond donors (Lipinski definition) is 2. The molecule has 0 spiro atoms. The smallest absolute Gasteiger partial charge is 0.456 e. The van der Waals surface area contributed by atoms with Gasteiger partial charge in [-0.2, -0.15) is 0 Å². The van der Waals surface area contributed by atoms with Gasteiger partial charge in [-0.05, 0) is 57.4 Å². The number of rotatable bonds is 56. The van der Waals surface area contributed by atoms with Gasteiger partial charge in [0, 0.05) is 12.8 Å². The quantitative estimate of drug-likeness (QED) is 0.0205. The normalized spacial score (nSPS) is 13.8. The predicted octanol–water partition coefficient (Wildman–Crippen LogP) is 18.6. The van der Waals surface area contributed by atoms with Gasteiger partial charge in [-0.1, -0.05) is 257 Å². The number of amides is 1. The molecular formula is C61H120N2O7P+. The Labute approximate surface area is 441 Å². The van der Waals surface area contributed by atoms with E-state index in [1.807, 2.05) is 33.3 Å². The van der Waals surface area contributed by atoms with E-state index in [0.29, 0.717) is 17.4 Å². The van der Waals surface area contributed by atoms with E-state index >= 15 is 0 Å². The summed E-state index contributed by atoms with van der Waals surface area (Å²) in [5.74, 6) is -0.508. The lowest BCUT2D eigenvalue weighted by atomic mass is 10.0. The van der Waals surface area contributed by atoms with Crippen LogP contribution in [-0.4, -0.2) is 74.3 Å². The summed E-state index contributed by atoms with van der Waals surface area (Å²) >= 11 is 0. The van der Waals surface area contributed by atoms with Crippen LogP contribution in [0.15, 0.2) is 24.3 Å². The molecule has 0 radical (unpaired) electrons. The van der Waals surface area contributed by atoms with E-state index < -0.39 is 20.0 Å². The lowest BCUT2D eigenvalue weighted by molar-refractivity contribution is -0.870. The number of phosphoric acid groups is 1. The van der Waals surface area contributed by atoms with Crippen molar-refractivity contribution in [3.05, 3.63) is 24.3 Å². The molecule has 420 valence electrons. The zero-order valence-electron chi connectivity index (χ0n) is 48.0. The second kappa shape index (κ2) is 52.0. The van der Waals surface area contributed by atoms with Crippen molar-refractivity contribution in [2.24, 2.45) is 0 Å². The highest BCUT2D eigenvalue weighted by Crippen LogP contribution is 2.43. The molecule has 0 aromatic carbocycles. The van der Waals surface area contributed by atoms with Crippen LogP contribution in [0.4, 0.5) is 0 Å². The summed E-state index contributed by atoms with van der Waals surface area (Å²) < 4.78 is 30.7. The second-order valence-corrected chi connectivity index (χ2v) is 23.7. The molecule has 0 saturated heterocycles. The van der Waals surface area contributed by atoms with E-state index in [-0.39, 0.29) is 31.5 Å². The monoisotopic (exact) mass is 1020 g/mol. The summed E-state index contributed by atoms with van der Waals surface area (Å²) in [6.45, 7) is 7.03. The van der Waals surface area contributed by atoms with E-state index in [0.717, 1.165) is 70.6 Å². The van der Waals surface area contributed by atoms with Crippen molar-refractivity contribution in [2.45, 2.75) is 315 Å². The number of quaternary nitrogens is 1. The molecule has 71 heavy (non-hydrogen) atoms. The van der Waals surface area contributed by atoms with Crippen molar-refractivity contribution in [3.63, 3.8) is 0 Å². The Kier molecular flexibility index (Phi) is 50.8. The molecule has 0 aromatic rings. The van der Waals surface area contributed by atoms with Crippen LogP contribution in [0, 0.1) is 0 Å². The Morgan fingerprint density at radius 2 is 0.817 bits per heavy atom. The van der Waals surface area contributed by atoms with Gasteiger partial charge in [0.2, 0.25) is 5.91 Å². The molecular weight excluding hydrogens is 904 g/mol. The molecule has 0 aliphatic heterocycles. The molecule has 0 fully saturated rings. The molecule has 0 heterocycles. The molecule has 3 unspecified atom stereocenters. The Morgan fingerprint density at radius 1 is 0.479 bits per heavy atom. The Morgan fingerprint density at radius 3 is 1.21 bits per heavy atom. The lowest BCUT2D eigenvalue weighted by Gasteiger charge is -2.27. The molecule has 2 N–H and O–H groups in total. The number of carbonyl (C=O) groups is 2. The number of allylic oxidation sites excluding steroid dienone is 3. The fourth-order valence-electron chi connectivity index (χ4n) is 9.11. The highest BCUT2D eigenvalue weighted by Gasteiger charge is 2.30. The first-order chi connectivity index (χ1) is 34.4. The largest absolute Gasteiger partial charge is 0.472 e. The molecule has 1 amide bonds. The first-order valence-corrected chi connectivity index (χ1v) is 32.2. The molecule has 0 aliphatic rings. The predicted molar refractivity (Wildman–Crippen MR) is 305 cm³/mol. The van der Waals surface area contributed by atoms with E-state index in [9.17, 15) is 19.0 Å². The van der Waals surface area contributed by atoms with Crippen LogP contribution in [0.5, 0.6) is 0 Å². The van der Waals surface area contributed by atoms with Crippen LogP contribution in [0.25, 0.3) is 0 Å².